The molecule has 0 bridgehead atoms. The van der Waals surface area contributed by atoms with Gasteiger partial charge >= 0.3 is 0 Å². The van der Waals surface area contributed by atoms with Gasteiger partial charge in [0.15, 0.2) is 10.2 Å². The van der Waals surface area contributed by atoms with E-state index in [1.165, 1.54) is 11.3 Å². The molecule has 134 valence electrons. The summed E-state index contributed by atoms with van der Waals surface area (Å²) in [5.74, 6) is -0.286. The van der Waals surface area contributed by atoms with Crippen LogP contribution in [0.3, 0.4) is 0 Å². The van der Waals surface area contributed by atoms with E-state index in [0.29, 0.717) is 26.3 Å². The van der Waals surface area contributed by atoms with Crippen molar-refractivity contribution in [1.29, 1.82) is 0 Å². The first-order valence-electron chi connectivity index (χ1n) is 7.87. The molecular formula is C19H11Cl2N3OS2. The minimum Gasteiger partial charge on any atom is -0.308 e. The number of thiazole rings is 1. The Hall–Kier alpha value is -2.25. The molecule has 4 aromatic rings. The summed E-state index contributed by atoms with van der Waals surface area (Å²) < 4.78 is 0.870. The van der Waals surface area contributed by atoms with Gasteiger partial charge in [-0.3, -0.25) is 10.1 Å². The zero-order valence-electron chi connectivity index (χ0n) is 13.6. The third-order valence-electron chi connectivity index (χ3n) is 3.93. The van der Waals surface area contributed by atoms with Crippen molar-refractivity contribution in [2.24, 2.45) is 0 Å². The van der Waals surface area contributed by atoms with Gasteiger partial charge in [-0.15, -0.1) is 0 Å². The zero-order chi connectivity index (χ0) is 19.0. The van der Waals surface area contributed by atoms with Crippen molar-refractivity contribution in [3.63, 3.8) is 0 Å². The topological polar surface area (TPSA) is 54.0 Å². The highest BCUT2D eigenvalue weighted by atomic mass is 35.5. The number of fused-ring (bicyclic) bond motifs is 2. The van der Waals surface area contributed by atoms with Crippen LogP contribution in [0, 0.1) is 0 Å². The number of hydrogen-bond donors (Lipinski definition) is 2. The average Bonchev–Trinajstić information content (AvgIpc) is 3.07. The zero-order valence-corrected chi connectivity index (χ0v) is 16.8. The maximum atomic E-state index is 12.6. The van der Waals surface area contributed by atoms with Crippen LogP contribution in [-0.4, -0.2) is 16.0 Å². The van der Waals surface area contributed by atoms with Crippen molar-refractivity contribution < 1.29 is 4.79 Å². The van der Waals surface area contributed by atoms with Crippen LogP contribution in [0.4, 0.5) is 5.13 Å². The van der Waals surface area contributed by atoms with Gasteiger partial charge in [-0.1, -0.05) is 70.9 Å². The minimum absolute atomic E-state index is 0.161. The van der Waals surface area contributed by atoms with E-state index in [1.54, 1.807) is 12.1 Å². The van der Waals surface area contributed by atoms with E-state index in [-0.39, 0.29) is 11.0 Å². The first-order valence-corrected chi connectivity index (χ1v) is 9.85. The molecule has 1 heterocycles. The lowest BCUT2D eigenvalue weighted by molar-refractivity contribution is 0.0979. The number of rotatable bonds is 2. The molecule has 2 N–H and O–H groups in total. The van der Waals surface area contributed by atoms with E-state index in [1.807, 2.05) is 42.5 Å². The van der Waals surface area contributed by atoms with Crippen LogP contribution in [0.1, 0.15) is 10.4 Å². The molecule has 0 saturated carbocycles. The Bertz CT molecular complexity index is 1200. The molecule has 4 nitrogen and oxygen atoms in total. The van der Waals surface area contributed by atoms with Crippen LogP contribution in [0.25, 0.3) is 21.0 Å². The predicted octanol–water partition coefficient (Wildman–Crippen LogP) is 5.88. The highest BCUT2D eigenvalue weighted by Gasteiger charge is 2.14. The number of nitrogens with one attached hydrogen (secondary N) is 2. The van der Waals surface area contributed by atoms with Gasteiger partial charge in [-0.25, -0.2) is 4.98 Å². The molecule has 0 radical (unpaired) electrons. The summed E-state index contributed by atoms with van der Waals surface area (Å²) in [5.41, 5.74) is 1.15. The third kappa shape index (κ3) is 3.61. The van der Waals surface area contributed by atoms with Crippen molar-refractivity contribution in [2.45, 2.75) is 0 Å². The molecule has 1 amide bonds. The third-order valence-corrected chi connectivity index (χ3v) is 5.87. The minimum atomic E-state index is -0.286. The molecule has 4 rings (SSSR count). The lowest BCUT2D eigenvalue weighted by Gasteiger charge is -2.09. The van der Waals surface area contributed by atoms with E-state index >= 15 is 0 Å². The molecule has 0 spiro atoms. The molecule has 3 aromatic carbocycles. The highest BCUT2D eigenvalue weighted by molar-refractivity contribution is 7.80. The van der Waals surface area contributed by atoms with Gasteiger partial charge in [0.25, 0.3) is 5.91 Å². The SMILES string of the molecule is O=C(NC(=S)Nc1nc2c(Cl)c(Cl)ccc2s1)c1cccc2ccccc12. The summed E-state index contributed by atoms with van der Waals surface area (Å²) >= 11 is 18.8. The number of carbonyl (C=O) groups is 1. The van der Waals surface area contributed by atoms with E-state index in [4.69, 9.17) is 35.4 Å². The molecule has 0 aliphatic heterocycles. The predicted molar refractivity (Wildman–Crippen MR) is 117 cm³/mol. The van der Waals surface area contributed by atoms with Crippen molar-refractivity contribution >= 4 is 83.9 Å². The van der Waals surface area contributed by atoms with Gasteiger partial charge in [0.1, 0.15) is 5.52 Å². The molecule has 8 heteroatoms. The second-order valence-electron chi connectivity index (χ2n) is 5.66. The van der Waals surface area contributed by atoms with Crippen molar-refractivity contribution in [1.82, 2.24) is 10.3 Å². The second kappa shape index (κ2) is 7.40. The number of carbonyl (C=O) groups excluding carboxylic acids is 1. The molecule has 0 unspecified atom stereocenters. The lowest BCUT2D eigenvalue weighted by atomic mass is 10.0. The fourth-order valence-electron chi connectivity index (χ4n) is 2.71. The number of amides is 1. The standard InChI is InChI=1S/C19H11Cl2N3OS2/c20-13-8-9-14-16(15(13)21)22-19(27-14)24-18(26)23-17(25)12-7-3-5-10-4-1-2-6-11(10)12/h1-9H,(H2,22,23,24,25,26). The maximum absolute atomic E-state index is 12.6. The summed E-state index contributed by atoms with van der Waals surface area (Å²) in [6, 6.07) is 16.8. The van der Waals surface area contributed by atoms with Gasteiger partial charge < -0.3 is 5.32 Å². The number of benzene rings is 3. The van der Waals surface area contributed by atoms with E-state index in [9.17, 15) is 4.79 Å². The van der Waals surface area contributed by atoms with Crippen molar-refractivity contribution in [2.75, 3.05) is 5.32 Å². The van der Waals surface area contributed by atoms with Crippen LogP contribution in [0.2, 0.25) is 10.0 Å². The molecule has 1 aromatic heterocycles. The molecule has 0 atom stereocenters. The van der Waals surface area contributed by atoms with Crippen LogP contribution in [0.15, 0.2) is 54.6 Å². The Kier molecular flexibility index (Phi) is 4.97. The van der Waals surface area contributed by atoms with Crippen LogP contribution in [0.5, 0.6) is 0 Å². The Morgan fingerprint density at radius 2 is 1.81 bits per heavy atom. The number of hydrogen-bond acceptors (Lipinski definition) is 4. The first kappa shape index (κ1) is 18.1. The molecule has 0 saturated heterocycles. The van der Waals surface area contributed by atoms with Gasteiger partial charge in [0.05, 0.1) is 14.7 Å². The Balaban J connectivity index is 1.54. The molecule has 0 fully saturated rings. The smallest absolute Gasteiger partial charge is 0.258 e. The molecule has 0 aliphatic carbocycles. The summed E-state index contributed by atoms with van der Waals surface area (Å²) in [4.78, 5) is 17.0. The fraction of sp³-hybridized carbons (Fsp3) is 0. The summed E-state index contributed by atoms with van der Waals surface area (Å²) in [7, 11) is 0. The van der Waals surface area contributed by atoms with Gasteiger partial charge in [-0.2, -0.15) is 0 Å². The van der Waals surface area contributed by atoms with Gasteiger partial charge in [-0.05, 0) is 41.2 Å². The molecule has 0 aliphatic rings. The summed E-state index contributed by atoms with van der Waals surface area (Å²) in [6.45, 7) is 0. The average molecular weight is 432 g/mol. The van der Waals surface area contributed by atoms with E-state index < -0.39 is 0 Å². The van der Waals surface area contributed by atoms with Crippen molar-refractivity contribution in [3.8, 4) is 0 Å². The van der Waals surface area contributed by atoms with Gasteiger partial charge in [0.2, 0.25) is 0 Å². The van der Waals surface area contributed by atoms with E-state index in [0.717, 1.165) is 15.5 Å². The Morgan fingerprint density at radius 1 is 1.04 bits per heavy atom. The number of anilines is 1. The molecule has 27 heavy (non-hydrogen) atoms. The van der Waals surface area contributed by atoms with E-state index in [2.05, 4.69) is 15.6 Å². The van der Waals surface area contributed by atoms with Crippen LogP contribution < -0.4 is 10.6 Å². The lowest BCUT2D eigenvalue weighted by Crippen LogP contribution is -2.34. The number of aromatic nitrogens is 1. The summed E-state index contributed by atoms with van der Waals surface area (Å²) in [6.07, 6.45) is 0. The number of halogens is 2. The van der Waals surface area contributed by atoms with Crippen LogP contribution in [-0.2, 0) is 0 Å². The number of nitrogens with zero attached hydrogens (tertiary/aromatic N) is 1. The largest absolute Gasteiger partial charge is 0.308 e. The fourth-order valence-corrected chi connectivity index (χ4v) is 4.26. The monoisotopic (exact) mass is 431 g/mol. The Labute approximate surface area is 174 Å². The maximum Gasteiger partial charge on any atom is 0.258 e. The summed E-state index contributed by atoms with van der Waals surface area (Å²) in [5, 5.41) is 9.00. The quantitative estimate of drug-likeness (QED) is 0.388. The number of thiocarbonyl (C=S) groups is 1. The highest BCUT2D eigenvalue weighted by Crippen LogP contribution is 2.35. The first-order chi connectivity index (χ1) is 13.0. The normalized spacial score (nSPS) is 10.9. The second-order valence-corrected chi connectivity index (χ2v) is 7.89. The Morgan fingerprint density at radius 3 is 2.67 bits per heavy atom. The van der Waals surface area contributed by atoms with Crippen molar-refractivity contribution in [3.05, 3.63) is 70.2 Å². The molecular weight excluding hydrogens is 421 g/mol. The van der Waals surface area contributed by atoms with Gasteiger partial charge in [0, 0.05) is 5.56 Å². The van der Waals surface area contributed by atoms with Crippen LogP contribution >= 0.6 is 46.8 Å².